The van der Waals surface area contributed by atoms with Crippen molar-refractivity contribution < 1.29 is 15.1 Å². The largest absolute Gasteiger partial charge is 0.507 e. The predicted molar refractivity (Wildman–Crippen MR) is 94.8 cm³/mol. The monoisotopic (exact) mass is 321 g/mol. The summed E-state index contributed by atoms with van der Waals surface area (Å²) < 4.78 is 5.67. The molecule has 0 saturated carbocycles. The van der Waals surface area contributed by atoms with E-state index in [1.54, 1.807) is 18.2 Å². The van der Waals surface area contributed by atoms with Gasteiger partial charge in [0.2, 0.25) is 0 Å². The number of oxime groups is 1. The molecule has 23 heavy (non-hydrogen) atoms. The molecule has 2 N–H and O–H groups in total. The van der Waals surface area contributed by atoms with E-state index in [0.717, 1.165) is 6.42 Å². The van der Waals surface area contributed by atoms with E-state index in [1.807, 2.05) is 6.92 Å². The number of aromatic hydroxyl groups is 1. The molecule has 0 aliphatic rings. The predicted octanol–water partition coefficient (Wildman–Crippen LogP) is 5.50. The Morgan fingerprint density at radius 2 is 1.65 bits per heavy atom. The molecule has 0 spiro atoms. The fraction of sp³-hybridized carbons (Fsp3) is 0.632. The van der Waals surface area contributed by atoms with E-state index in [9.17, 15) is 5.11 Å². The molecule has 4 heteroatoms. The Bertz CT molecular complexity index is 472. The second-order valence-electron chi connectivity index (χ2n) is 5.90. The molecular formula is C19H31NO3. The van der Waals surface area contributed by atoms with Crippen LogP contribution >= 0.6 is 0 Å². The van der Waals surface area contributed by atoms with Gasteiger partial charge in [0.05, 0.1) is 12.3 Å². The van der Waals surface area contributed by atoms with Crippen molar-refractivity contribution in [2.24, 2.45) is 5.16 Å². The van der Waals surface area contributed by atoms with Crippen molar-refractivity contribution in [3.05, 3.63) is 23.8 Å². The van der Waals surface area contributed by atoms with Crippen molar-refractivity contribution in [1.82, 2.24) is 0 Å². The smallest absolute Gasteiger partial charge is 0.128 e. The first-order valence-electron chi connectivity index (χ1n) is 8.90. The van der Waals surface area contributed by atoms with Crippen LogP contribution in [0.4, 0.5) is 0 Å². The summed E-state index contributed by atoms with van der Waals surface area (Å²) in [6.45, 7) is 4.78. The van der Waals surface area contributed by atoms with Gasteiger partial charge in [0, 0.05) is 11.6 Å². The van der Waals surface area contributed by atoms with Crippen LogP contribution in [0.15, 0.2) is 23.4 Å². The molecular weight excluding hydrogens is 290 g/mol. The van der Waals surface area contributed by atoms with Gasteiger partial charge in [0.1, 0.15) is 11.5 Å². The molecule has 0 unspecified atom stereocenters. The molecule has 0 bridgehead atoms. The highest BCUT2D eigenvalue weighted by Crippen LogP contribution is 2.25. The second kappa shape index (κ2) is 11.8. The fourth-order valence-electron chi connectivity index (χ4n) is 2.59. The molecule has 0 aliphatic carbocycles. The van der Waals surface area contributed by atoms with Gasteiger partial charge < -0.3 is 15.1 Å². The van der Waals surface area contributed by atoms with Gasteiger partial charge in [0.15, 0.2) is 0 Å². The van der Waals surface area contributed by atoms with Gasteiger partial charge in [-0.1, -0.05) is 63.9 Å². The van der Waals surface area contributed by atoms with Gasteiger partial charge in [-0.15, -0.1) is 0 Å². The SMILES string of the molecule is CCCCCCCCCCOc1ccc(/C(CC)=N/O)c(O)c1. The topological polar surface area (TPSA) is 62.0 Å². The summed E-state index contributed by atoms with van der Waals surface area (Å²) in [4.78, 5) is 0. The van der Waals surface area contributed by atoms with Crippen LogP contribution in [0.25, 0.3) is 0 Å². The Kier molecular flexibility index (Phi) is 9.92. The normalized spacial score (nSPS) is 11.7. The van der Waals surface area contributed by atoms with E-state index in [0.29, 0.717) is 30.1 Å². The average molecular weight is 321 g/mol. The van der Waals surface area contributed by atoms with E-state index in [-0.39, 0.29) is 5.75 Å². The minimum atomic E-state index is 0.0908. The summed E-state index contributed by atoms with van der Waals surface area (Å²) in [5.74, 6) is 0.746. The third-order valence-electron chi connectivity index (χ3n) is 4.00. The molecule has 0 aromatic heterocycles. The van der Waals surface area contributed by atoms with Crippen LogP contribution in [0.3, 0.4) is 0 Å². The average Bonchev–Trinajstić information content (AvgIpc) is 2.56. The van der Waals surface area contributed by atoms with Gasteiger partial charge in [-0.25, -0.2) is 0 Å². The maximum Gasteiger partial charge on any atom is 0.128 e. The van der Waals surface area contributed by atoms with E-state index >= 15 is 0 Å². The number of phenolic OH excluding ortho intramolecular Hbond substituents is 1. The highest BCUT2D eigenvalue weighted by Gasteiger charge is 2.09. The van der Waals surface area contributed by atoms with Crippen molar-refractivity contribution in [3.8, 4) is 11.5 Å². The lowest BCUT2D eigenvalue weighted by molar-refractivity contribution is 0.302. The van der Waals surface area contributed by atoms with Crippen molar-refractivity contribution in [1.29, 1.82) is 0 Å². The second-order valence-corrected chi connectivity index (χ2v) is 5.90. The molecule has 1 rings (SSSR count). The number of benzene rings is 1. The summed E-state index contributed by atoms with van der Waals surface area (Å²) in [6.07, 6.45) is 10.7. The standard InChI is InChI=1S/C19H31NO3/c1-3-5-6-7-8-9-10-11-14-23-16-12-13-17(19(21)15-16)18(4-2)20-22/h12-13,15,21-22H,3-11,14H2,1-2H3/b20-18+. The Morgan fingerprint density at radius 1 is 1.00 bits per heavy atom. The molecule has 0 radical (unpaired) electrons. The van der Waals surface area contributed by atoms with E-state index < -0.39 is 0 Å². The van der Waals surface area contributed by atoms with Gasteiger partial charge >= 0.3 is 0 Å². The minimum Gasteiger partial charge on any atom is -0.507 e. The van der Waals surface area contributed by atoms with Crippen LogP contribution in [0, 0.1) is 0 Å². The Balaban J connectivity index is 2.24. The Morgan fingerprint density at radius 3 is 2.22 bits per heavy atom. The number of unbranched alkanes of at least 4 members (excludes halogenated alkanes) is 7. The summed E-state index contributed by atoms with van der Waals surface area (Å²) >= 11 is 0. The molecule has 0 fully saturated rings. The summed E-state index contributed by atoms with van der Waals surface area (Å²) in [5.41, 5.74) is 1.02. The van der Waals surface area contributed by atoms with Crippen LogP contribution in [0.5, 0.6) is 11.5 Å². The van der Waals surface area contributed by atoms with Gasteiger partial charge in [-0.3, -0.25) is 0 Å². The number of hydrogen-bond donors (Lipinski definition) is 2. The zero-order valence-corrected chi connectivity index (χ0v) is 14.6. The Hall–Kier alpha value is -1.71. The number of hydrogen-bond acceptors (Lipinski definition) is 4. The highest BCUT2D eigenvalue weighted by molar-refractivity contribution is 6.02. The lowest BCUT2D eigenvalue weighted by Gasteiger charge is -2.09. The zero-order valence-electron chi connectivity index (χ0n) is 14.6. The quantitative estimate of drug-likeness (QED) is 0.231. The maximum atomic E-state index is 10.00. The van der Waals surface area contributed by atoms with E-state index in [1.165, 1.54) is 44.9 Å². The van der Waals surface area contributed by atoms with Crippen LogP contribution in [-0.4, -0.2) is 22.6 Å². The molecule has 0 atom stereocenters. The summed E-state index contributed by atoms with van der Waals surface area (Å²) in [6, 6.07) is 5.12. The molecule has 0 heterocycles. The summed E-state index contributed by atoms with van der Waals surface area (Å²) in [5, 5.41) is 22.1. The number of rotatable bonds is 12. The summed E-state index contributed by atoms with van der Waals surface area (Å²) in [7, 11) is 0. The fourth-order valence-corrected chi connectivity index (χ4v) is 2.59. The molecule has 0 aliphatic heterocycles. The third kappa shape index (κ3) is 7.40. The van der Waals surface area contributed by atoms with E-state index in [4.69, 9.17) is 9.94 Å². The first-order valence-corrected chi connectivity index (χ1v) is 8.90. The Labute approximate surface area is 140 Å². The van der Waals surface area contributed by atoms with Gasteiger partial charge in [0.25, 0.3) is 0 Å². The van der Waals surface area contributed by atoms with Crippen molar-refractivity contribution >= 4 is 5.71 Å². The minimum absolute atomic E-state index is 0.0908. The van der Waals surface area contributed by atoms with Crippen LogP contribution in [0.1, 0.15) is 77.2 Å². The third-order valence-corrected chi connectivity index (χ3v) is 4.00. The first-order chi connectivity index (χ1) is 11.2. The molecule has 0 amide bonds. The van der Waals surface area contributed by atoms with Gasteiger partial charge in [-0.2, -0.15) is 0 Å². The van der Waals surface area contributed by atoms with Crippen molar-refractivity contribution in [3.63, 3.8) is 0 Å². The molecule has 1 aromatic rings. The van der Waals surface area contributed by atoms with E-state index in [2.05, 4.69) is 12.1 Å². The van der Waals surface area contributed by atoms with Gasteiger partial charge in [-0.05, 0) is 25.0 Å². The van der Waals surface area contributed by atoms with Crippen LogP contribution < -0.4 is 4.74 Å². The van der Waals surface area contributed by atoms with Crippen molar-refractivity contribution in [2.75, 3.05) is 6.61 Å². The maximum absolute atomic E-state index is 10.00. The highest BCUT2D eigenvalue weighted by atomic mass is 16.5. The van der Waals surface area contributed by atoms with Crippen molar-refractivity contribution in [2.45, 2.75) is 71.6 Å². The number of nitrogens with zero attached hydrogens (tertiary/aromatic N) is 1. The molecule has 130 valence electrons. The van der Waals surface area contributed by atoms with Crippen LogP contribution in [0.2, 0.25) is 0 Å². The molecule has 4 nitrogen and oxygen atoms in total. The lowest BCUT2D eigenvalue weighted by atomic mass is 10.1. The number of ether oxygens (including phenoxy) is 1. The lowest BCUT2D eigenvalue weighted by Crippen LogP contribution is -2.01. The molecule has 0 saturated heterocycles. The van der Waals surface area contributed by atoms with Crippen LogP contribution in [-0.2, 0) is 0 Å². The number of phenols is 1. The first kappa shape index (κ1) is 19.3. The zero-order chi connectivity index (χ0) is 16.9. The molecule has 1 aromatic carbocycles.